The molecule has 2 aromatic heterocycles. The number of carbonyl (C=O) groups excluding carboxylic acids is 1. The van der Waals surface area contributed by atoms with Gasteiger partial charge in [0, 0.05) is 16.6 Å². The summed E-state index contributed by atoms with van der Waals surface area (Å²) in [5, 5.41) is 7.15. The van der Waals surface area contributed by atoms with Gasteiger partial charge in [0.2, 0.25) is 5.91 Å². The van der Waals surface area contributed by atoms with Gasteiger partial charge in [-0.2, -0.15) is 0 Å². The number of hydrogen-bond acceptors (Lipinski definition) is 6. The molecule has 30 heavy (non-hydrogen) atoms. The molecule has 0 bridgehead atoms. The molecule has 6 nitrogen and oxygen atoms in total. The van der Waals surface area contributed by atoms with Crippen LogP contribution in [-0.2, 0) is 11.2 Å². The fourth-order valence-corrected chi connectivity index (χ4v) is 4.69. The summed E-state index contributed by atoms with van der Waals surface area (Å²) in [6.07, 6.45) is 0.205. The number of anilines is 1. The fourth-order valence-electron chi connectivity index (χ4n) is 2.84. The van der Waals surface area contributed by atoms with E-state index >= 15 is 0 Å². The lowest BCUT2D eigenvalue weighted by Crippen LogP contribution is -2.44. The molecule has 1 amide bonds. The molecule has 0 atom stereocenters. The van der Waals surface area contributed by atoms with Gasteiger partial charge in [0.25, 0.3) is 0 Å². The van der Waals surface area contributed by atoms with Crippen LogP contribution in [0.2, 0.25) is 0 Å². The Hall–Kier alpha value is -2.88. The van der Waals surface area contributed by atoms with E-state index in [9.17, 15) is 4.79 Å². The molecule has 0 unspecified atom stereocenters. The van der Waals surface area contributed by atoms with Gasteiger partial charge in [-0.25, -0.2) is 9.97 Å². The number of rotatable bonds is 4. The number of thiazole rings is 2. The highest BCUT2D eigenvalue weighted by Crippen LogP contribution is 2.31. The number of aromatic nitrogens is 2. The number of fused-ring (bicyclic) bond motifs is 1. The molecule has 4 rings (SSSR count). The van der Waals surface area contributed by atoms with E-state index in [1.54, 1.807) is 11.3 Å². The van der Waals surface area contributed by atoms with Crippen LogP contribution in [0.25, 0.3) is 20.8 Å². The van der Waals surface area contributed by atoms with Crippen LogP contribution in [0.3, 0.4) is 0 Å². The molecule has 0 aliphatic rings. The summed E-state index contributed by atoms with van der Waals surface area (Å²) < 4.78 is 1.18. The Bertz CT molecular complexity index is 1210. The lowest BCUT2D eigenvalue weighted by atomic mass is 10.2. The predicted octanol–water partition coefficient (Wildman–Crippen LogP) is 4.60. The van der Waals surface area contributed by atoms with Crippen LogP contribution in [0.1, 0.15) is 16.3 Å². The average molecular weight is 454 g/mol. The number of aryl methyl sites for hydroxylation is 2. The first-order valence-electron chi connectivity index (χ1n) is 9.21. The van der Waals surface area contributed by atoms with Gasteiger partial charge >= 0.3 is 0 Å². The van der Waals surface area contributed by atoms with Crippen molar-refractivity contribution in [1.29, 1.82) is 0 Å². The summed E-state index contributed by atoms with van der Waals surface area (Å²) in [7, 11) is 0. The first-order valence-corrected chi connectivity index (χ1v) is 11.3. The molecule has 0 fully saturated rings. The van der Waals surface area contributed by atoms with E-state index in [0.29, 0.717) is 5.11 Å². The molecule has 0 saturated heterocycles. The summed E-state index contributed by atoms with van der Waals surface area (Å²) in [5.74, 6) is -0.203. The lowest BCUT2D eigenvalue weighted by molar-refractivity contribution is -0.121. The smallest absolute Gasteiger partial charge is 0.244 e. The van der Waals surface area contributed by atoms with Gasteiger partial charge < -0.3 is 5.32 Å². The van der Waals surface area contributed by atoms with E-state index in [-0.39, 0.29) is 12.3 Å². The Morgan fingerprint density at radius 2 is 1.87 bits per heavy atom. The number of carbonyl (C=O) groups is 1. The van der Waals surface area contributed by atoms with E-state index in [2.05, 4.69) is 46.3 Å². The molecule has 0 aliphatic heterocycles. The summed E-state index contributed by atoms with van der Waals surface area (Å²) >= 11 is 8.44. The highest BCUT2D eigenvalue weighted by molar-refractivity contribution is 7.80. The topological polar surface area (TPSA) is 78.9 Å². The average Bonchev–Trinajstić information content (AvgIpc) is 3.32. The quantitative estimate of drug-likeness (QED) is 0.310. The van der Waals surface area contributed by atoms with Crippen LogP contribution in [0.5, 0.6) is 0 Å². The van der Waals surface area contributed by atoms with Gasteiger partial charge in [-0.1, -0.05) is 6.07 Å². The summed E-state index contributed by atoms with van der Waals surface area (Å²) in [4.78, 5) is 21.0. The van der Waals surface area contributed by atoms with Crippen molar-refractivity contribution in [2.24, 2.45) is 0 Å². The standard InChI is InChI=1S/C21H19N5OS3/c1-12-3-8-17-18(9-12)30-20(24-17)14-4-6-15(7-5-14)23-21(28)26-25-19(27)10-16-11-29-13(2)22-16/h3-9,11H,10H2,1-2H3,(H,25,27)(H2,23,26,28). The first-order chi connectivity index (χ1) is 14.5. The molecule has 4 aromatic rings. The molecular weight excluding hydrogens is 434 g/mol. The lowest BCUT2D eigenvalue weighted by Gasteiger charge is -2.11. The van der Waals surface area contributed by atoms with Crippen molar-refractivity contribution in [3.63, 3.8) is 0 Å². The van der Waals surface area contributed by atoms with Gasteiger partial charge in [0.05, 0.1) is 27.3 Å². The van der Waals surface area contributed by atoms with Crippen LogP contribution >= 0.6 is 34.9 Å². The van der Waals surface area contributed by atoms with E-state index in [1.807, 2.05) is 36.6 Å². The van der Waals surface area contributed by atoms with Crippen LogP contribution in [0, 0.1) is 13.8 Å². The Morgan fingerprint density at radius 3 is 2.60 bits per heavy atom. The van der Waals surface area contributed by atoms with Crippen LogP contribution in [0.4, 0.5) is 5.69 Å². The third kappa shape index (κ3) is 4.99. The summed E-state index contributed by atoms with van der Waals surface area (Å²) in [5.41, 5.74) is 10.1. The number of nitrogens with zero attached hydrogens (tertiary/aromatic N) is 2. The van der Waals surface area contributed by atoms with Crippen LogP contribution < -0.4 is 16.2 Å². The minimum absolute atomic E-state index is 0.203. The van der Waals surface area contributed by atoms with Gasteiger partial charge in [0.15, 0.2) is 5.11 Å². The number of hydrogen-bond donors (Lipinski definition) is 3. The van der Waals surface area contributed by atoms with Crippen molar-refractivity contribution in [1.82, 2.24) is 20.8 Å². The van der Waals surface area contributed by atoms with Crippen molar-refractivity contribution in [2.45, 2.75) is 20.3 Å². The molecular formula is C21H19N5OS3. The Kier molecular flexibility index (Phi) is 6.03. The van der Waals surface area contributed by atoms with Gasteiger partial charge in [-0.3, -0.25) is 15.6 Å². The van der Waals surface area contributed by atoms with Crippen LogP contribution in [-0.4, -0.2) is 21.0 Å². The van der Waals surface area contributed by atoms with E-state index in [1.165, 1.54) is 21.6 Å². The maximum Gasteiger partial charge on any atom is 0.244 e. The third-order valence-corrected chi connectivity index (χ3v) is 6.35. The number of amides is 1. The molecule has 0 radical (unpaired) electrons. The largest absolute Gasteiger partial charge is 0.331 e. The van der Waals surface area contributed by atoms with Gasteiger partial charge in [0.1, 0.15) is 5.01 Å². The highest BCUT2D eigenvalue weighted by atomic mass is 32.1. The number of nitrogens with one attached hydrogen (secondary N) is 3. The molecule has 0 aliphatic carbocycles. The molecule has 2 aromatic carbocycles. The zero-order chi connectivity index (χ0) is 21.1. The molecule has 9 heteroatoms. The first kappa shape index (κ1) is 20.4. The second kappa shape index (κ2) is 8.86. The Balaban J connectivity index is 1.32. The fraction of sp³-hybridized carbons (Fsp3) is 0.143. The number of benzene rings is 2. The van der Waals surface area contributed by atoms with Gasteiger partial charge in [-0.05, 0) is 68.0 Å². The maximum absolute atomic E-state index is 12.0. The summed E-state index contributed by atoms with van der Waals surface area (Å²) in [6.45, 7) is 3.99. The van der Waals surface area contributed by atoms with Crippen molar-refractivity contribution >= 4 is 61.8 Å². The monoisotopic (exact) mass is 453 g/mol. The van der Waals surface area contributed by atoms with E-state index in [4.69, 9.17) is 17.2 Å². The molecule has 2 heterocycles. The molecule has 0 spiro atoms. The predicted molar refractivity (Wildman–Crippen MR) is 128 cm³/mol. The maximum atomic E-state index is 12.0. The second-order valence-electron chi connectivity index (χ2n) is 6.73. The SMILES string of the molecule is Cc1ccc2nc(-c3ccc(NC(=S)NNC(=O)Cc4csc(C)n4)cc3)sc2c1. The van der Waals surface area contributed by atoms with Crippen molar-refractivity contribution < 1.29 is 4.79 Å². The molecule has 0 saturated carbocycles. The van der Waals surface area contributed by atoms with Crippen molar-refractivity contribution in [3.8, 4) is 10.6 Å². The number of hydrazine groups is 1. The minimum Gasteiger partial charge on any atom is -0.331 e. The normalized spacial score (nSPS) is 10.7. The van der Waals surface area contributed by atoms with E-state index < -0.39 is 0 Å². The van der Waals surface area contributed by atoms with Crippen molar-refractivity contribution in [2.75, 3.05) is 5.32 Å². The van der Waals surface area contributed by atoms with Crippen molar-refractivity contribution in [3.05, 3.63) is 64.1 Å². The minimum atomic E-state index is -0.203. The number of thiocarbonyl (C=S) groups is 1. The third-order valence-electron chi connectivity index (χ3n) is 4.26. The molecule has 3 N–H and O–H groups in total. The van der Waals surface area contributed by atoms with Crippen LogP contribution in [0.15, 0.2) is 47.8 Å². The zero-order valence-electron chi connectivity index (χ0n) is 16.4. The Labute approximate surface area is 187 Å². The summed E-state index contributed by atoms with van der Waals surface area (Å²) in [6, 6.07) is 14.1. The zero-order valence-corrected chi connectivity index (χ0v) is 18.8. The van der Waals surface area contributed by atoms with E-state index in [0.717, 1.165) is 32.5 Å². The van der Waals surface area contributed by atoms with Gasteiger partial charge in [-0.15, -0.1) is 22.7 Å². The molecule has 152 valence electrons. The Morgan fingerprint density at radius 1 is 1.07 bits per heavy atom. The second-order valence-corrected chi connectivity index (χ2v) is 9.23. The highest BCUT2D eigenvalue weighted by Gasteiger charge is 2.08.